The molecule has 70 valence electrons. The zero-order chi connectivity index (χ0) is 9.84. The van der Waals surface area contributed by atoms with E-state index in [4.69, 9.17) is 9.84 Å². The van der Waals surface area contributed by atoms with Crippen molar-refractivity contribution < 1.29 is 19.7 Å². The fourth-order valence-electron chi connectivity index (χ4n) is 0.779. The molecule has 0 aliphatic rings. The minimum Gasteiger partial charge on any atom is -0.503 e. The van der Waals surface area contributed by atoms with Crippen LogP contribution in [0.5, 0.6) is 11.5 Å². The Labute approximate surface area is 79.4 Å². The van der Waals surface area contributed by atoms with Crippen molar-refractivity contribution in [2.45, 2.75) is 0 Å². The number of rotatable bonds is 3. The highest BCUT2D eigenvalue weighted by molar-refractivity contribution is 7.80. The Bertz CT molecular complexity index is 328. The van der Waals surface area contributed by atoms with Crippen molar-refractivity contribution in [2.75, 3.05) is 5.94 Å². The van der Waals surface area contributed by atoms with E-state index in [0.717, 1.165) is 0 Å². The summed E-state index contributed by atoms with van der Waals surface area (Å²) in [7, 11) is 0. The van der Waals surface area contributed by atoms with E-state index in [1.807, 2.05) is 0 Å². The highest BCUT2D eigenvalue weighted by Gasteiger charge is 2.15. The van der Waals surface area contributed by atoms with Crippen LogP contribution in [0.25, 0.3) is 0 Å². The topological polar surface area (TPSA) is 79.7 Å². The first-order chi connectivity index (χ1) is 6.16. The normalized spacial score (nSPS) is 9.62. The molecule has 1 aromatic rings. The summed E-state index contributed by atoms with van der Waals surface area (Å²) in [5.74, 6) is -1.68. The van der Waals surface area contributed by atoms with Crippen molar-refractivity contribution in [1.29, 1.82) is 0 Å². The minimum absolute atomic E-state index is 0.0522. The second-order valence-electron chi connectivity index (χ2n) is 2.08. The Morgan fingerprint density at radius 3 is 2.92 bits per heavy atom. The van der Waals surface area contributed by atoms with E-state index in [9.17, 15) is 9.90 Å². The Kier molecular flexibility index (Phi) is 2.97. The summed E-state index contributed by atoms with van der Waals surface area (Å²) in [5.41, 5.74) is -0.431. The van der Waals surface area contributed by atoms with Crippen LogP contribution in [0.4, 0.5) is 0 Å². The van der Waals surface area contributed by atoms with Crippen molar-refractivity contribution >= 4 is 18.6 Å². The molecule has 0 atom stereocenters. The molecule has 0 saturated heterocycles. The smallest absolute Gasteiger partial charge is 0.358 e. The average molecular weight is 201 g/mol. The van der Waals surface area contributed by atoms with Crippen LogP contribution >= 0.6 is 12.6 Å². The van der Waals surface area contributed by atoms with Crippen molar-refractivity contribution in [3.05, 3.63) is 18.0 Å². The molecule has 5 nitrogen and oxygen atoms in total. The number of ether oxygens (including phenoxy) is 1. The van der Waals surface area contributed by atoms with Crippen LogP contribution in [0.15, 0.2) is 12.3 Å². The molecule has 1 rings (SSSR count). The number of thiol groups is 1. The van der Waals surface area contributed by atoms with Gasteiger partial charge in [0.25, 0.3) is 0 Å². The van der Waals surface area contributed by atoms with E-state index < -0.39 is 17.4 Å². The summed E-state index contributed by atoms with van der Waals surface area (Å²) < 4.78 is 4.84. The fraction of sp³-hybridized carbons (Fsp3) is 0.143. The van der Waals surface area contributed by atoms with Gasteiger partial charge in [-0.05, 0) is 0 Å². The lowest BCUT2D eigenvalue weighted by Gasteiger charge is -2.05. The average Bonchev–Trinajstić information content (AvgIpc) is 2.08. The predicted octanol–water partition coefficient (Wildman–Crippen LogP) is 0.751. The van der Waals surface area contributed by atoms with Crippen LogP contribution in [0.1, 0.15) is 10.5 Å². The van der Waals surface area contributed by atoms with E-state index in [0.29, 0.717) is 0 Å². The largest absolute Gasteiger partial charge is 0.503 e. The van der Waals surface area contributed by atoms with Gasteiger partial charge in [-0.2, -0.15) is 0 Å². The molecule has 0 aliphatic carbocycles. The number of aromatic hydroxyl groups is 1. The van der Waals surface area contributed by atoms with Gasteiger partial charge in [0.15, 0.2) is 17.2 Å². The summed E-state index contributed by atoms with van der Waals surface area (Å²) in [6.07, 6.45) is 1.24. The van der Waals surface area contributed by atoms with Crippen LogP contribution in [0.2, 0.25) is 0 Å². The first-order valence-corrected chi connectivity index (χ1v) is 3.95. The van der Waals surface area contributed by atoms with E-state index in [-0.39, 0.29) is 11.7 Å². The number of aromatic nitrogens is 1. The number of pyridine rings is 1. The number of aromatic carboxylic acids is 1. The van der Waals surface area contributed by atoms with Crippen molar-refractivity contribution in [1.82, 2.24) is 4.98 Å². The van der Waals surface area contributed by atoms with Gasteiger partial charge in [-0.25, -0.2) is 9.78 Å². The Morgan fingerprint density at radius 2 is 2.38 bits per heavy atom. The SMILES string of the molecule is O=C(O)c1nccc(OCS)c1O. The maximum atomic E-state index is 10.5. The van der Waals surface area contributed by atoms with Gasteiger partial charge in [-0.15, -0.1) is 12.6 Å². The maximum Gasteiger partial charge on any atom is 0.358 e. The van der Waals surface area contributed by atoms with Crippen LogP contribution in [-0.2, 0) is 0 Å². The second kappa shape index (κ2) is 3.99. The molecule has 0 aliphatic heterocycles. The summed E-state index contributed by atoms with van der Waals surface area (Å²) in [6.45, 7) is 0. The van der Waals surface area contributed by atoms with Gasteiger partial charge in [-0.3, -0.25) is 0 Å². The molecule has 0 saturated carbocycles. The molecule has 0 fully saturated rings. The molecule has 0 aromatic carbocycles. The number of carboxylic acids is 1. The highest BCUT2D eigenvalue weighted by atomic mass is 32.1. The first-order valence-electron chi connectivity index (χ1n) is 3.31. The van der Waals surface area contributed by atoms with Gasteiger partial charge in [0.2, 0.25) is 0 Å². The summed E-state index contributed by atoms with van der Waals surface area (Å²) in [6, 6.07) is 1.36. The van der Waals surface area contributed by atoms with E-state index in [1.54, 1.807) is 0 Å². The number of hydrogen-bond donors (Lipinski definition) is 3. The molecule has 0 unspecified atom stereocenters. The van der Waals surface area contributed by atoms with E-state index in [1.165, 1.54) is 12.3 Å². The molecule has 6 heteroatoms. The molecule has 13 heavy (non-hydrogen) atoms. The van der Waals surface area contributed by atoms with Gasteiger partial charge >= 0.3 is 5.97 Å². The van der Waals surface area contributed by atoms with Gasteiger partial charge < -0.3 is 14.9 Å². The van der Waals surface area contributed by atoms with Crippen LogP contribution in [0, 0.1) is 0 Å². The Morgan fingerprint density at radius 1 is 1.69 bits per heavy atom. The third-order valence-corrected chi connectivity index (χ3v) is 1.44. The molecule has 0 amide bonds. The summed E-state index contributed by atoms with van der Waals surface area (Å²) in [5, 5.41) is 17.8. The van der Waals surface area contributed by atoms with E-state index in [2.05, 4.69) is 17.6 Å². The molecule has 1 aromatic heterocycles. The summed E-state index contributed by atoms with van der Waals surface area (Å²) in [4.78, 5) is 13.9. The lowest BCUT2D eigenvalue weighted by atomic mass is 10.3. The van der Waals surface area contributed by atoms with Crippen molar-refractivity contribution in [2.24, 2.45) is 0 Å². The van der Waals surface area contributed by atoms with Crippen molar-refractivity contribution in [3.8, 4) is 11.5 Å². The van der Waals surface area contributed by atoms with Crippen LogP contribution < -0.4 is 4.74 Å². The monoisotopic (exact) mass is 201 g/mol. The van der Waals surface area contributed by atoms with Gasteiger partial charge in [0.1, 0.15) is 5.94 Å². The number of carbonyl (C=O) groups is 1. The standard InChI is InChI=1S/C7H7NO4S/c9-6-4(12-3-13)1-2-8-5(6)7(10)11/h1-2,9,13H,3H2,(H,10,11). The third kappa shape index (κ3) is 2.03. The molecular weight excluding hydrogens is 194 g/mol. The van der Waals surface area contributed by atoms with Gasteiger partial charge in [0, 0.05) is 12.3 Å². The zero-order valence-electron chi connectivity index (χ0n) is 6.47. The third-order valence-electron chi connectivity index (χ3n) is 1.31. The minimum atomic E-state index is -1.30. The first kappa shape index (κ1) is 9.66. The second-order valence-corrected chi connectivity index (χ2v) is 2.34. The number of hydrogen-bond acceptors (Lipinski definition) is 5. The Balaban J connectivity index is 3.10. The van der Waals surface area contributed by atoms with Gasteiger partial charge in [-0.1, -0.05) is 0 Å². The lowest BCUT2D eigenvalue weighted by molar-refractivity contribution is 0.0686. The zero-order valence-corrected chi connectivity index (χ0v) is 7.36. The lowest BCUT2D eigenvalue weighted by Crippen LogP contribution is -2.02. The van der Waals surface area contributed by atoms with Crippen LogP contribution in [0.3, 0.4) is 0 Å². The maximum absolute atomic E-state index is 10.5. The molecular formula is C7H7NO4S. The Hall–Kier alpha value is -1.43. The van der Waals surface area contributed by atoms with E-state index >= 15 is 0 Å². The highest BCUT2D eigenvalue weighted by Crippen LogP contribution is 2.27. The quantitative estimate of drug-likeness (QED) is 0.496. The number of carboxylic acid groups (broad SMARTS) is 1. The molecule has 1 heterocycles. The fourth-order valence-corrected chi connectivity index (χ4v) is 0.918. The van der Waals surface area contributed by atoms with Crippen molar-refractivity contribution in [3.63, 3.8) is 0 Å². The summed E-state index contributed by atoms with van der Waals surface area (Å²) >= 11 is 3.76. The molecule has 0 bridgehead atoms. The van der Waals surface area contributed by atoms with Gasteiger partial charge in [0.05, 0.1) is 0 Å². The molecule has 0 spiro atoms. The molecule has 0 radical (unpaired) electrons. The number of nitrogens with zero attached hydrogens (tertiary/aromatic N) is 1. The molecule has 2 N–H and O–H groups in total. The predicted molar refractivity (Wildman–Crippen MR) is 47.3 cm³/mol. The van der Waals surface area contributed by atoms with Crippen LogP contribution in [-0.4, -0.2) is 27.1 Å².